The average Bonchev–Trinajstić information content (AvgIpc) is 3.14. The van der Waals surface area contributed by atoms with Crippen LogP contribution in [0.2, 0.25) is 0 Å². The second-order valence-electron chi connectivity index (χ2n) is 9.51. The molecule has 1 heterocycles. The average molecular weight is 448 g/mol. The van der Waals surface area contributed by atoms with Gasteiger partial charge in [0.1, 0.15) is 12.3 Å². The molecule has 2 saturated carbocycles. The molecule has 4 N–H and O–H groups in total. The topological polar surface area (TPSA) is 77.5 Å². The fourth-order valence-corrected chi connectivity index (χ4v) is 4.88. The summed E-state index contributed by atoms with van der Waals surface area (Å²) < 4.78 is 27.6. The van der Waals surface area contributed by atoms with Crippen LogP contribution in [0.4, 0.5) is 8.78 Å². The van der Waals surface area contributed by atoms with Crippen LogP contribution in [0.15, 0.2) is 4.99 Å². The lowest BCUT2D eigenvalue weighted by Crippen LogP contribution is -2.52. The minimum Gasteiger partial charge on any atom is -0.339 e. The van der Waals surface area contributed by atoms with Gasteiger partial charge in [-0.25, -0.2) is 14.2 Å². The zero-order valence-corrected chi connectivity index (χ0v) is 18.7. The Bertz CT molecular complexity index is 590. The van der Waals surface area contributed by atoms with Crippen LogP contribution < -0.4 is 21.5 Å². The second-order valence-corrected chi connectivity index (χ2v) is 10.1. The van der Waals surface area contributed by atoms with Gasteiger partial charge in [0, 0.05) is 30.3 Å². The lowest BCUT2D eigenvalue weighted by Gasteiger charge is -2.31. The third kappa shape index (κ3) is 7.02. The highest BCUT2D eigenvalue weighted by Gasteiger charge is 2.37. The zero-order chi connectivity index (χ0) is 21.7. The van der Waals surface area contributed by atoms with E-state index in [9.17, 15) is 13.6 Å². The fraction of sp³-hybridized carbons (Fsp3) is 0.905. The third-order valence-corrected chi connectivity index (χ3v) is 6.76. The normalized spacial score (nSPS) is 37.9. The number of halogens is 3. The van der Waals surface area contributed by atoms with Crippen molar-refractivity contribution in [3.8, 4) is 0 Å². The molecule has 9 heteroatoms. The van der Waals surface area contributed by atoms with Crippen LogP contribution >= 0.6 is 11.6 Å². The predicted molar refractivity (Wildman–Crippen MR) is 116 cm³/mol. The molecule has 1 aliphatic heterocycles. The first-order valence-corrected chi connectivity index (χ1v) is 11.8. The van der Waals surface area contributed by atoms with Gasteiger partial charge in [-0.2, -0.15) is 0 Å². The van der Waals surface area contributed by atoms with Crippen LogP contribution in [0.3, 0.4) is 0 Å². The molecule has 6 nitrogen and oxygen atoms in total. The maximum absolute atomic E-state index is 13.8. The number of carbonyl (C=O) groups excluding carboxylic acids is 1. The molecule has 3 fully saturated rings. The molecular formula is C21H36ClF2N5O. The molecule has 0 aromatic rings. The maximum atomic E-state index is 13.8. The van der Waals surface area contributed by atoms with Gasteiger partial charge in [-0.05, 0) is 56.8 Å². The number of hydrogen-bond acceptors (Lipinski definition) is 4. The number of carbonyl (C=O) groups is 1. The van der Waals surface area contributed by atoms with Crippen LogP contribution in [-0.2, 0) is 4.79 Å². The number of rotatable bonds is 5. The molecule has 2 aliphatic carbocycles. The first-order chi connectivity index (χ1) is 14.3. The van der Waals surface area contributed by atoms with E-state index in [-0.39, 0.29) is 41.7 Å². The molecule has 0 aromatic heterocycles. The minimum absolute atomic E-state index is 0.0136. The Morgan fingerprint density at radius 3 is 2.37 bits per heavy atom. The zero-order valence-electron chi connectivity index (χ0n) is 18.0. The molecule has 3 rings (SSSR count). The molecule has 3 aliphatic rings. The van der Waals surface area contributed by atoms with Crippen molar-refractivity contribution in [3.63, 3.8) is 0 Å². The van der Waals surface area contributed by atoms with Gasteiger partial charge in [-0.3, -0.25) is 20.5 Å². The lowest BCUT2D eigenvalue weighted by atomic mass is 9.81. The summed E-state index contributed by atoms with van der Waals surface area (Å²) in [5, 5.41) is 6.40. The summed E-state index contributed by atoms with van der Waals surface area (Å²) in [6, 6.07) is -0.0136. The van der Waals surface area contributed by atoms with Gasteiger partial charge in [-0.1, -0.05) is 13.8 Å². The Balaban J connectivity index is 1.54. The van der Waals surface area contributed by atoms with Gasteiger partial charge in [-0.15, -0.1) is 11.6 Å². The number of nitrogens with zero attached hydrogens (tertiary/aromatic N) is 1. The van der Waals surface area contributed by atoms with E-state index in [2.05, 4.69) is 40.3 Å². The molecular weight excluding hydrogens is 412 g/mol. The molecule has 0 spiro atoms. The van der Waals surface area contributed by atoms with Crippen molar-refractivity contribution < 1.29 is 13.6 Å². The standard InChI is InChI=1S/C21H36ClF2N5O/c1-12(2)11-25-21(27-20(30)13-3-5-15(22)6-4-13)26-19-10-18(28-29-19)14-7-16(23)9-17(24)8-14/h12-19,28-29H,3-11H2,1-2H3,(H2,25,26,27,30). The van der Waals surface area contributed by atoms with Crippen molar-refractivity contribution in [1.29, 1.82) is 0 Å². The summed E-state index contributed by atoms with van der Waals surface area (Å²) in [7, 11) is 0. The van der Waals surface area contributed by atoms with Crippen LogP contribution in [-0.4, -0.2) is 48.3 Å². The number of guanidine groups is 1. The molecule has 0 aromatic carbocycles. The number of nitrogens with one attached hydrogen (secondary N) is 4. The van der Waals surface area contributed by atoms with E-state index in [1.807, 2.05) is 0 Å². The van der Waals surface area contributed by atoms with Crippen LogP contribution in [0.1, 0.15) is 65.2 Å². The van der Waals surface area contributed by atoms with Crippen molar-refractivity contribution in [3.05, 3.63) is 0 Å². The van der Waals surface area contributed by atoms with E-state index in [1.165, 1.54) is 0 Å². The van der Waals surface area contributed by atoms with Crippen LogP contribution in [0.5, 0.6) is 0 Å². The Morgan fingerprint density at radius 2 is 1.73 bits per heavy atom. The van der Waals surface area contributed by atoms with Crippen molar-refractivity contribution in [1.82, 2.24) is 21.5 Å². The van der Waals surface area contributed by atoms with Crippen molar-refractivity contribution in [2.45, 2.75) is 95.1 Å². The summed E-state index contributed by atoms with van der Waals surface area (Å²) in [6.45, 7) is 4.73. The Morgan fingerprint density at radius 1 is 1.07 bits per heavy atom. The van der Waals surface area contributed by atoms with Gasteiger partial charge < -0.3 is 5.32 Å². The molecule has 4 unspecified atom stereocenters. The molecule has 1 amide bonds. The molecule has 4 atom stereocenters. The number of hydrazine groups is 1. The summed E-state index contributed by atoms with van der Waals surface area (Å²) in [5.41, 5.74) is 6.34. The second kappa shape index (κ2) is 11.0. The summed E-state index contributed by atoms with van der Waals surface area (Å²) in [5.74, 6) is 0.706. The van der Waals surface area contributed by atoms with Crippen LogP contribution in [0.25, 0.3) is 0 Å². The van der Waals surface area contributed by atoms with E-state index in [4.69, 9.17) is 11.6 Å². The molecule has 1 saturated heterocycles. The van der Waals surface area contributed by atoms with Crippen molar-refractivity contribution in [2.24, 2.45) is 22.7 Å². The van der Waals surface area contributed by atoms with E-state index >= 15 is 0 Å². The highest BCUT2D eigenvalue weighted by atomic mass is 35.5. The number of amides is 1. The summed E-state index contributed by atoms with van der Waals surface area (Å²) >= 11 is 6.16. The third-order valence-electron chi connectivity index (χ3n) is 6.32. The smallest absolute Gasteiger partial charge is 0.229 e. The van der Waals surface area contributed by atoms with E-state index < -0.39 is 12.3 Å². The number of aliphatic imine (C=N–C) groups is 1. The largest absolute Gasteiger partial charge is 0.339 e. The molecule has 0 bridgehead atoms. The number of alkyl halides is 3. The first kappa shape index (κ1) is 23.7. The summed E-state index contributed by atoms with van der Waals surface area (Å²) in [6.07, 6.45) is 2.44. The van der Waals surface area contributed by atoms with E-state index in [0.29, 0.717) is 37.7 Å². The monoisotopic (exact) mass is 447 g/mol. The highest BCUT2D eigenvalue weighted by molar-refractivity contribution is 6.20. The summed E-state index contributed by atoms with van der Waals surface area (Å²) in [4.78, 5) is 17.3. The Hall–Kier alpha value is -0.990. The molecule has 30 heavy (non-hydrogen) atoms. The Kier molecular flexibility index (Phi) is 8.72. The minimum atomic E-state index is -1.07. The molecule has 172 valence electrons. The SMILES string of the molecule is CC(C)CN=C(NC(=O)C1CCC(Cl)CC1)NC1CC(C2CC(F)CC(F)C2)NN1. The predicted octanol–water partition coefficient (Wildman–Crippen LogP) is 3.17. The van der Waals surface area contributed by atoms with Crippen molar-refractivity contribution in [2.75, 3.05) is 6.54 Å². The first-order valence-electron chi connectivity index (χ1n) is 11.3. The number of hydrogen-bond donors (Lipinski definition) is 4. The van der Waals surface area contributed by atoms with Gasteiger partial charge >= 0.3 is 0 Å². The lowest BCUT2D eigenvalue weighted by molar-refractivity contribution is -0.124. The molecule has 0 radical (unpaired) electrons. The van der Waals surface area contributed by atoms with Crippen LogP contribution in [0, 0.1) is 17.8 Å². The van der Waals surface area contributed by atoms with E-state index in [0.717, 1.165) is 25.7 Å². The van der Waals surface area contributed by atoms with E-state index in [1.54, 1.807) is 0 Å². The maximum Gasteiger partial charge on any atom is 0.229 e. The van der Waals surface area contributed by atoms with Gasteiger partial charge in [0.25, 0.3) is 0 Å². The van der Waals surface area contributed by atoms with Gasteiger partial charge in [0.15, 0.2) is 5.96 Å². The fourth-order valence-electron chi connectivity index (χ4n) is 4.63. The highest BCUT2D eigenvalue weighted by Crippen LogP contribution is 2.33. The quantitative estimate of drug-likeness (QED) is 0.296. The van der Waals surface area contributed by atoms with Gasteiger partial charge in [0.2, 0.25) is 5.91 Å². The van der Waals surface area contributed by atoms with Crippen molar-refractivity contribution >= 4 is 23.5 Å². The van der Waals surface area contributed by atoms with Gasteiger partial charge in [0.05, 0.1) is 6.17 Å². The Labute approximate surface area is 183 Å².